The van der Waals surface area contributed by atoms with E-state index in [1.165, 1.54) is 13.2 Å². The summed E-state index contributed by atoms with van der Waals surface area (Å²) >= 11 is 5.49. The summed E-state index contributed by atoms with van der Waals surface area (Å²) in [6.45, 7) is 0.523. The van der Waals surface area contributed by atoms with Gasteiger partial charge in [0.2, 0.25) is 0 Å². The number of carbonyl (C=O) groups excluding carboxylic acids is 1. The van der Waals surface area contributed by atoms with E-state index in [9.17, 15) is 9.90 Å². The van der Waals surface area contributed by atoms with Crippen molar-refractivity contribution in [2.45, 2.75) is 6.42 Å². The number of rotatable bonds is 5. The van der Waals surface area contributed by atoms with E-state index in [0.717, 1.165) is 6.42 Å². The van der Waals surface area contributed by atoms with Crippen LogP contribution in [0.2, 0.25) is 0 Å². The number of phenolic OH excluding ortho intramolecular Hbond substituents is 1. The molecule has 0 aliphatic carbocycles. The molecular weight excluding hydrogens is 230 g/mol. The Morgan fingerprint density at radius 2 is 2.31 bits per heavy atom. The highest BCUT2D eigenvalue weighted by Crippen LogP contribution is 2.25. The van der Waals surface area contributed by atoms with Gasteiger partial charge in [0, 0.05) is 18.0 Å². The van der Waals surface area contributed by atoms with Gasteiger partial charge in [-0.1, -0.05) is 0 Å². The fourth-order valence-corrected chi connectivity index (χ4v) is 1.34. The van der Waals surface area contributed by atoms with Crippen LogP contribution < -0.4 is 10.1 Å². The number of ether oxygens (including phenoxy) is 1. The number of aromatic hydroxyl groups is 1. The van der Waals surface area contributed by atoms with Crippen molar-refractivity contribution < 1.29 is 14.6 Å². The predicted molar refractivity (Wildman–Crippen MR) is 62.3 cm³/mol. The lowest BCUT2D eigenvalue weighted by Gasteiger charge is -2.06. The zero-order valence-electron chi connectivity index (χ0n) is 9.00. The number of amides is 1. The number of carbonyl (C=O) groups is 1. The Morgan fingerprint density at radius 1 is 1.56 bits per heavy atom. The van der Waals surface area contributed by atoms with Crippen molar-refractivity contribution in [1.82, 2.24) is 5.32 Å². The Bertz CT molecular complexity index is 368. The molecule has 4 nitrogen and oxygen atoms in total. The van der Waals surface area contributed by atoms with Gasteiger partial charge in [0.25, 0.3) is 5.91 Å². The van der Waals surface area contributed by atoms with Gasteiger partial charge in [-0.15, -0.1) is 11.6 Å². The van der Waals surface area contributed by atoms with Crippen molar-refractivity contribution in [2.24, 2.45) is 0 Å². The van der Waals surface area contributed by atoms with Crippen molar-refractivity contribution in [3.8, 4) is 11.5 Å². The topological polar surface area (TPSA) is 58.6 Å². The molecular formula is C11H14ClNO3. The quantitative estimate of drug-likeness (QED) is 0.612. The molecule has 0 fully saturated rings. The first kappa shape index (κ1) is 12.6. The van der Waals surface area contributed by atoms with Gasteiger partial charge < -0.3 is 15.2 Å². The number of hydrogen-bond donors (Lipinski definition) is 2. The second-order valence-corrected chi connectivity index (χ2v) is 3.56. The van der Waals surface area contributed by atoms with E-state index < -0.39 is 0 Å². The normalized spacial score (nSPS) is 9.88. The number of nitrogens with one attached hydrogen (secondary N) is 1. The summed E-state index contributed by atoms with van der Waals surface area (Å²) in [5, 5.41) is 12.2. The molecule has 1 aromatic carbocycles. The van der Waals surface area contributed by atoms with Crippen molar-refractivity contribution >= 4 is 17.5 Å². The lowest BCUT2D eigenvalue weighted by molar-refractivity contribution is 0.0953. The zero-order chi connectivity index (χ0) is 12.0. The molecule has 1 rings (SSSR count). The molecule has 0 bridgehead atoms. The number of halogens is 1. The Labute approximate surface area is 99.2 Å². The van der Waals surface area contributed by atoms with Crippen molar-refractivity contribution in [3.63, 3.8) is 0 Å². The van der Waals surface area contributed by atoms with Gasteiger partial charge in [-0.2, -0.15) is 0 Å². The maximum absolute atomic E-state index is 11.6. The minimum atomic E-state index is -0.233. The first-order chi connectivity index (χ1) is 7.69. The van der Waals surface area contributed by atoms with E-state index in [1.807, 2.05) is 0 Å². The summed E-state index contributed by atoms with van der Waals surface area (Å²) in [6, 6.07) is 4.51. The highest BCUT2D eigenvalue weighted by atomic mass is 35.5. The van der Waals surface area contributed by atoms with Gasteiger partial charge in [0.05, 0.1) is 7.11 Å². The number of benzene rings is 1. The molecule has 1 amide bonds. The molecule has 0 aliphatic rings. The lowest BCUT2D eigenvalue weighted by Crippen LogP contribution is -2.24. The lowest BCUT2D eigenvalue weighted by atomic mass is 10.2. The molecule has 0 atom stereocenters. The standard InChI is InChI=1S/C11H14ClNO3/c1-16-10-4-3-8(7-9(10)14)11(15)13-6-2-5-12/h3-4,7,14H,2,5-6H2,1H3,(H,13,15). The third kappa shape index (κ3) is 3.31. The average Bonchev–Trinajstić information content (AvgIpc) is 2.29. The summed E-state index contributed by atoms with van der Waals surface area (Å²) in [4.78, 5) is 11.6. The average molecular weight is 244 g/mol. The van der Waals surface area contributed by atoms with Gasteiger partial charge in [0.1, 0.15) is 0 Å². The van der Waals surface area contributed by atoms with Gasteiger partial charge in [0.15, 0.2) is 11.5 Å². The van der Waals surface area contributed by atoms with Crippen LogP contribution in [0.25, 0.3) is 0 Å². The van der Waals surface area contributed by atoms with E-state index in [4.69, 9.17) is 16.3 Å². The molecule has 0 aliphatic heterocycles. The molecule has 88 valence electrons. The highest BCUT2D eigenvalue weighted by Gasteiger charge is 2.08. The van der Waals surface area contributed by atoms with Crippen LogP contribution in [0.15, 0.2) is 18.2 Å². The summed E-state index contributed by atoms with van der Waals surface area (Å²) in [6.07, 6.45) is 0.718. The smallest absolute Gasteiger partial charge is 0.251 e. The number of phenols is 1. The number of hydrogen-bond acceptors (Lipinski definition) is 3. The van der Waals surface area contributed by atoms with Crippen molar-refractivity contribution in [2.75, 3.05) is 19.5 Å². The fourth-order valence-electron chi connectivity index (χ4n) is 1.20. The van der Waals surface area contributed by atoms with Crippen LogP contribution in [0.3, 0.4) is 0 Å². The largest absolute Gasteiger partial charge is 0.504 e. The third-order valence-electron chi connectivity index (χ3n) is 2.04. The maximum Gasteiger partial charge on any atom is 0.251 e. The summed E-state index contributed by atoms with van der Waals surface area (Å²) in [5.41, 5.74) is 0.396. The van der Waals surface area contributed by atoms with Crippen LogP contribution in [0.4, 0.5) is 0 Å². The first-order valence-electron chi connectivity index (χ1n) is 4.90. The molecule has 1 aromatic rings. The molecule has 5 heteroatoms. The highest BCUT2D eigenvalue weighted by molar-refractivity contribution is 6.17. The fraction of sp³-hybridized carbons (Fsp3) is 0.364. The van der Waals surface area contributed by atoms with Crippen LogP contribution >= 0.6 is 11.6 Å². The summed E-state index contributed by atoms with van der Waals surface area (Å²) in [5.74, 6) is 0.571. The zero-order valence-corrected chi connectivity index (χ0v) is 9.75. The molecule has 0 unspecified atom stereocenters. The Morgan fingerprint density at radius 3 is 2.88 bits per heavy atom. The summed E-state index contributed by atoms with van der Waals surface area (Å²) < 4.78 is 4.88. The molecule has 0 spiro atoms. The first-order valence-corrected chi connectivity index (χ1v) is 5.43. The maximum atomic E-state index is 11.6. The number of alkyl halides is 1. The van der Waals surface area contributed by atoms with Gasteiger partial charge in [-0.25, -0.2) is 0 Å². The van der Waals surface area contributed by atoms with E-state index in [2.05, 4.69) is 5.32 Å². The van der Waals surface area contributed by atoms with E-state index >= 15 is 0 Å². The van der Waals surface area contributed by atoms with Crippen LogP contribution in [0.5, 0.6) is 11.5 Å². The van der Waals surface area contributed by atoms with Gasteiger partial charge in [-0.3, -0.25) is 4.79 Å². The third-order valence-corrected chi connectivity index (χ3v) is 2.30. The molecule has 0 aromatic heterocycles. The Balaban J connectivity index is 2.66. The summed E-state index contributed by atoms with van der Waals surface area (Å²) in [7, 11) is 1.45. The molecule has 2 N–H and O–H groups in total. The molecule has 16 heavy (non-hydrogen) atoms. The molecule has 0 radical (unpaired) electrons. The van der Waals surface area contributed by atoms with E-state index in [1.54, 1.807) is 12.1 Å². The molecule has 0 saturated carbocycles. The Hall–Kier alpha value is -1.42. The van der Waals surface area contributed by atoms with E-state index in [0.29, 0.717) is 23.7 Å². The second-order valence-electron chi connectivity index (χ2n) is 3.19. The van der Waals surface area contributed by atoms with Crippen LogP contribution in [-0.2, 0) is 0 Å². The van der Waals surface area contributed by atoms with E-state index in [-0.39, 0.29) is 11.7 Å². The predicted octanol–water partition coefficient (Wildman–Crippen LogP) is 1.76. The van der Waals surface area contributed by atoms with Gasteiger partial charge >= 0.3 is 0 Å². The monoisotopic (exact) mass is 243 g/mol. The van der Waals surface area contributed by atoms with Crippen molar-refractivity contribution in [3.05, 3.63) is 23.8 Å². The minimum absolute atomic E-state index is 0.0486. The SMILES string of the molecule is COc1ccc(C(=O)NCCCCl)cc1O. The molecule has 0 saturated heterocycles. The minimum Gasteiger partial charge on any atom is -0.504 e. The molecule has 0 heterocycles. The Kier molecular flexibility index (Phi) is 4.92. The van der Waals surface area contributed by atoms with Crippen LogP contribution in [0.1, 0.15) is 16.8 Å². The van der Waals surface area contributed by atoms with Crippen LogP contribution in [0, 0.1) is 0 Å². The second kappa shape index (κ2) is 6.23. The van der Waals surface area contributed by atoms with Crippen LogP contribution in [-0.4, -0.2) is 30.5 Å². The van der Waals surface area contributed by atoms with Crippen molar-refractivity contribution in [1.29, 1.82) is 0 Å². The number of methoxy groups -OCH3 is 1. The van der Waals surface area contributed by atoms with Gasteiger partial charge in [-0.05, 0) is 24.6 Å².